The molecule has 1 heterocycles. The molecule has 0 radical (unpaired) electrons. The number of para-hydroxylation sites is 1. The van der Waals surface area contributed by atoms with Crippen molar-refractivity contribution >= 4 is 38.4 Å². The van der Waals surface area contributed by atoms with E-state index < -0.39 is 9.84 Å². The highest BCUT2D eigenvalue weighted by Gasteiger charge is 2.11. The smallest absolute Gasteiger partial charge is 0.248 e. The van der Waals surface area contributed by atoms with Gasteiger partial charge in [-0.2, -0.15) is 0 Å². The van der Waals surface area contributed by atoms with Crippen LogP contribution in [-0.4, -0.2) is 25.1 Å². The van der Waals surface area contributed by atoms with Crippen molar-refractivity contribution in [3.8, 4) is 0 Å². The van der Waals surface area contributed by atoms with E-state index in [2.05, 4.69) is 10.3 Å². The number of amides is 1. The average Bonchev–Trinajstić information content (AvgIpc) is 2.66. The van der Waals surface area contributed by atoms with E-state index in [1.54, 1.807) is 31.3 Å². The first-order chi connectivity index (χ1) is 12.5. The summed E-state index contributed by atoms with van der Waals surface area (Å²) >= 11 is 0. The molecule has 0 spiro atoms. The fraction of sp³-hybridized carbons (Fsp3) is 0.100. The summed E-state index contributed by atoms with van der Waals surface area (Å²) < 4.78 is 23.6. The van der Waals surface area contributed by atoms with Crippen molar-refractivity contribution in [1.29, 1.82) is 0 Å². The molecule has 0 fully saturated rings. The molecule has 1 aromatic heterocycles. The van der Waals surface area contributed by atoms with Crippen LogP contribution in [0.2, 0.25) is 0 Å². The normalized spacial score (nSPS) is 11.7. The van der Waals surface area contributed by atoms with Crippen molar-refractivity contribution in [2.24, 2.45) is 0 Å². The van der Waals surface area contributed by atoms with Crippen molar-refractivity contribution in [1.82, 2.24) is 4.98 Å². The maximum Gasteiger partial charge on any atom is 0.248 e. The molecule has 0 aliphatic heterocycles. The van der Waals surface area contributed by atoms with E-state index in [1.807, 2.05) is 30.3 Å². The minimum Gasteiger partial charge on any atom is -0.323 e. The predicted molar refractivity (Wildman–Crippen MR) is 104 cm³/mol. The fourth-order valence-electron chi connectivity index (χ4n) is 2.52. The molecule has 26 heavy (non-hydrogen) atoms. The number of nitrogens with one attached hydrogen (secondary N) is 1. The van der Waals surface area contributed by atoms with Crippen LogP contribution in [0.5, 0.6) is 0 Å². The molecule has 0 saturated carbocycles. The molecule has 0 atom stereocenters. The van der Waals surface area contributed by atoms with E-state index in [1.165, 1.54) is 18.2 Å². The Bertz CT molecular complexity index is 1070. The first-order valence-electron chi connectivity index (χ1n) is 8.15. The van der Waals surface area contributed by atoms with Gasteiger partial charge in [-0.15, -0.1) is 0 Å². The number of carbonyl (C=O) groups is 1. The Balaban J connectivity index is 1.73. The molecular formula is C20H18N2O3S. The zero-order valence-electron chi connectivity index (χ0n) is 14.2. The lowest BCUT2D eigenvalue weighted by atomic mass is 10.1. The summed E-state index contributed by atoms with van der Waals surface area (Å²) in [5.41, 5.74) is 2.21. The number of anilines is 1. The molecule has 0 saturated heterocycles. The Morgan fingerprint density at radius 1 is 1.08 bits per heavy atom. The van der Waals surface area contributed by atoms with E-state index >= 15 is 0 Å². The second-order valence-corrected chi connectivity index (χ2v) is 7.95. The molecule has 3 rings (SSSR count). The van der Waals surface area contributed by atoms with Gasteiger partial charge in [0, 0.05) is 28.9 Å². The number of hydrogen-bond donors (Lipinski definition) is 1. The Morgan fingerprint density at radius 2 is 1.81 bits per heavy atom. The second kappa shape index (κ2) is 7.49. The molecule has 0 aliphatic rings. The Labute approximate surface area is 152 Å². The minimum atomic E-state index is -3.24. The number of carbonyl (C=O) groups excluding carboxylic acids is 1. The van der Waals surface area contributed by atoms with Gasteiger partial charge in [0.05, 0.1) is 16.2 Å². The summed E-state index contributed by atoms with van der Waals surface area (Å²) in [6.45, 7) is 1.60. The van der Waals surface area contributed by atoms with Crippen LogP contribution in [-0.2, 0) is 14.6 Å². The zero-order chi connectivity index (χ0) is 18.6. The summed E-state index contributed by atoms with van der Waals surface area (Å²) in [7, 11) is -3.24. The van der Waals surface area contributed by atoms with Gasteiger partial charge in [-0.3, -0.25) is 9.78 Å². The third kappa shape index (κ3) is 3.97. The highest BCUT2D eigenvalue weighted by molar-refractivity contribution is 7.91. The van der Waals surface area contributed by atoms with Crippen molar-refractivity contribution < 1.29 is 13.2 Å². The van der Waals surface area contributed by atoms with Gasteiger partial charge in [0.1, 0.15) is 0 Å². The number of benzene rings is 2. The Kier molecular flexibility index (Phi) is 5.14. The van der Waals surface area contributed by atoms with Crippen molar-refractivity contribution in [2.45, 2.75) is 11.8 Å². The van der Waals surface area contributed by atoms with Crippen LogP contribution in [0.15, 0.2) is 71.8 Å². The first kappa shape index (κ1) is 17.8. The van der Waals surface area contributed by atoms with Crippen LogP contribution in [0.1, 0.15) is 12.5 Å². The lowest BCUT2D eigenvalue weighted by molar-refractivity contribution is -0.111. The standard InChI is InChI=1S/C20H18N2O3S/c1-2-26(24,25)18-11-9-17(10-12-18)22-19(23)13-8-16-6-3-5-15-7-4-14-21-20(15)16/h3-14H,2H2,1H3,(H,22,23)/b13-8+. The van der Waals surface area contributed by atoms with Crippen LogP contribution < -0.4 is 5.32 Å². The highest BCUT2D eigenvalue weighted by Crippen LogP contribution is 2.18. The molecule has 3 aromatic rings. The van der Waals surface area contributed by atoms with Gasteiger partial charge in [-0.1, -0.05) is 31.2 Å². The van der Waals surface area contributed by atoms with Crippen LogP contribution >= 0.6 is 0 Å². The molecular weight excluding hydrogens is 348 g/mol. The van der Waals surface area contributed by atoms with Crippen molar-refractivity contribution in [3.63, 3.8) is 0 Å². The van der Waals surface area contributed by atoms with Crippen molar-refractivity contribution in [2.75, 3.05) is 11.1 Å². The number of fused-ring (bicyclic) bond motifs is 1. The Hall–Kier alpha value is -2.99. The van der Waals surface area contributed by atoms with E-state index in [9.17, 15) is 13.2 Å². The predicted octanol–water partition coefficient (Wildman–Crippen LogP) is 3.68. The molecule has 1 N–H and O–H groups in total. The average molecular weight is 366 g/mol. The lowest BCUT2D eigenvalue weighted by Crippen LogP contribution is -2.08. The topological polar surface area (TPSA) is 76.1 Å². The number of pyridine rings is 1. The van der Waals surface area contributed by atoms with E-state index in [0.29, 0.717) is 5.69 Å². The van der Waals surface area contributed by atoms with E-state index in [4.69, 9.17) is 0 Å². The quantitative estimate of drug-likeness (QED) is 0.699. The van der Waals surface area contributed by atoms with Crippen LogP contribution in [0, 0.1) is 0 Å². The molecule has 1 amide bonds. The first-order valence-corrected chi connectivity index (χ1v) is 9.80. The number of aromatic nitrogens is 1. The largest absolute Gasteiger partial charge is 0.323 e. The SMILES string of the molecule is CCS(=O)(=O)c1ccc(NC(=O)/C=C/c2cccc3cccnc23)cc1. The summed E-state index contributed by atoms with van der Waals surface area (Å²) in [5, 5.41) is 3.72. The fourth-order valence-corrected chi connectivity index (χ4v) is 3.41. The minimum absolute atomic E-state index is 0.0422. The Morgan fingerprint density at radius 3 is 2.54 bits per heavy atom. The number of sulfone groups is 1. The maximum absolute atomic E-state index is 12.1. The summed E-state index contributed by atoms with van der Waals surface area (Å²) in [6.07, 6.45) is 4.85. The molecule has 132 valence electrons. The third-order valence-corrected chi connectivity index (χ3v) is 5.69. The van der Waals surface area contributed by atoms with Gasteiger partial charge in [-0.25, -0.2) is 8.42 Å². The number of rotatable bonds is 5. The second-order valence-electron chi connectivity index (χ2n) is 5.67. The van der Waals surface area contributed by atoms with Gasteiger partial charge in [-0.05, 0) is 36.4 Å². The maximum atomic E-state index is 12.1. The summed E-state index contributed by atoms with van der Waals surface area (Å²) in [4.78, 5) is 16.7. The highest BCUT2D eigenvalue weighted by atomic mass is 32.2. The van der Waals surface area contributed by atoms with Gasteiger partial charge in [0.25, 0.3) is 0 Å². The summed E-state index contributed by atoms with van der Waals surface area (Å²) in [5.74, 6) is -0.260. The van der Waals surface area contributed by atoms with Gasteiger partial charge in [0.15, 0.2) is 9.84 Å². The van der Waals surface area contributed by atoms with Gasteiger partial charge in [0.2, 0.25) is 5.91 Å². The van der Waals surface area contributed by atoms with Crippen LogP contribution in [0.25, 0.3) is 17.0 Å². The number of nitrogens with zero attached hydrogens (tertiary/aromatic N) is 1. The van der Waals surface area contributed by atoms with E-state index in [0.717, 1.165) is 16.5 Å². The molecule has 2 aromatic carbocycles. The van der Waals surface area contributed by atoms with Gasteiger partial charge < -0.3 is 5.32 Å². The molecule has 5 nitrogen and oxygen atoms in total. The van der Waals surface area contributed by atoms with Crippen LogP contribution in [0.4, 0.5) is 5.69 Å². The molecule has 0 bridgehead atoms. The van der Waals surface area contributed by atoms with Crippen LogP contribution in [0.3, 0.4) is 0 Å². The van der Waals surface area contributed by atoms with Gasteiger partial charge >= 0.3 is 0 Å². The summed E-state index contributed by atoms with van der Waals surface area (Å²) in [6, 6.07) is 15.7. The molecule has 6 heteroatoms. The molecule has 0 unspecified atom stereocenters. The lowest BCUT2D eigenvalue weighted by Gasteiger charge is -2.05. The van der Waals surface area contributed by atoms with E-state index in [-0.39, 0.29) is 16.6 Å². The monoisotopic (exact) mass is 366 g/mol. The number of hydrogen-bond acceptors (Lipinski definition) is 4. The zero-order valence-corrected chi connectivity index (χ0v) is 15.0. The molecule has 0 aliphatic carbocycles. The third-order valence-electron chi connectivity index (χ3n) is 3.94. The van der Waals surface area contributed by atoms with Crippen molar-refractivity contribution in [3.05, 3.63) is 72.4 Å².